The van der Waals surface area contributed by atoms with E-state index in [2.05, 4.69) is 0 Å². The van der Waals surface area contributed by atoms with Crippen LogP contribution in [0.5, 0.6) is 0 Å². The highest BCUT2D eigenvalue weighted by molar-refractivity contribution is 6.25. The van der Waals surface area contributed by atoms with Crippen LogP contribution in [0.2, 0.25) is 0 Å². The summed E-state index contributed by atoms with van der Waals surface area (Å²) in [7, 11) is 0. The van der Waals surface area contributed by atoms with E-state index in [1.165, 1.54) is 12.5 Å². The number of carbonyl (C=O) groups excluding carboxylic acids is 1. The van der Waals surface area contributed by atoms with Crippen molar-refractivity contribution in [3.63, 3.8) is 0 Å². The van der Waals surface area contributed by atoms with Crippen molar-refractivity contribution >= 4 is 23.5 Å². The minimum atomic E-state index is -1.57. The maximum atomic E-state index is 10.9. The summed E-state index contributed by atoms with van der Waals surface area (Å²) in [5, 5.41) is 8.78. The summed E-state index contributed by atoms with van der Waals surface area (Å²) in [6.07, 6.45) is 0.0289. The fourth-order valence-corrected chi connectivity index (χ4v) is 0.942. The Kier molecular flexibility index (Phi) is 3.94. The van der Waals surface area contributed by atoms with E-state index in [1.807, 2.05) is 0 Å². The van der Waals surface area contributed by atoms with Crippen LogP contribution < -0.4 is 5.73 Å². The summed E-state index contributed by atoms with van der Waals surface area (Å²) < 4.78 is 0. The molecule has 3 N–H and O–H groups in total. The van der Waals surface area contributed by atoms with Crippen LogP contribution in [0.3, 0.4) is 0 Å². The zero-order valence-corrected chi connectivity index (χ0v) is 8.26. The third kappa shape index (κ3) is 2.73. The van der Waals surface area contributed by atoms with Crippen LogP contribution in [0.4, 0.5) is 0 Å². The van der Waals surface area contributed by atoms with Crippen LogP contribution in [-0.2, 0) is 9.59 Å². The highest BCUT2D eigenvalue weighted by Crippen LogP contribution is 2.25. The molecule has 0 saturated heterocycles. The molecule has 0 aliphatic rings. The van der Waals surface area contributed by atoms with Crippen molar-refractivity contribution in [2.45, 2.75) is 20.3 Å². The Labute approximate surface area is 81.4 Å². The Hall–Kier alpha value is -1.03. The van der Waals surface area contributed by atoms with E-state index < -0.39 is 17.3 Å². The summed E-state index contributed by atoms with van der Waals surface area (Å²) in [5.41, 5.74) is 5.25. The zero-order valence-electron chi connectivity index (χ0n) is 7.50. The van der Waals surface area contributed by atoms with Gasteiger partial charge in [0.15, 0.2) is 0 Å². The van der Waals surface area contributed by atoms with Crippen molar-refractivity contribution in [1.29, 1.82) is 0 Å². The normalized spacial score (nSPS) is 16.4. The Morgan fingerprint density at radius 1 is 1.62 bits per heavy atom. The van der Waals surface area contributed by atoms with Crippen molar-refractivity contribution in [3.05, 3.63) is 11.1 Å². The number of carboxylic acid groups (broad SMARTS) is 1. The van der Waals surface area contributed by atoms with Crippen LogP contribution >= 0.6 is 11.6 Å². The Balaban J connectivity index is 4.83. The number of carbonyl (C=O) groups is 2. The molecule has 0 aliphatic heterocycles. The largest absolute Gasteiger partial charge is 0.480 e. The number of amides is 1. The molecule has 0 radical (unpaired) electrons. The predicted octanol–water partition coefficient (Wildman–Crippen LogP) is 1.10. The third-order valence-corrected chi connectivity index (χ3v) is 2.21. The topological polar surface area (TPSA) is 80.4 Å². The lowest BCUT2D eigenvalue weighted by Crippen LogP contribution is -2.41. The van der Waals surface area contributed by atoms with Crippen LogP contribution in [0.1, 0.15) is 20.3 Å². The predicted molar refractivity (Wildman–Crippen MR) is 49.2 cm³/mol. The first-order chi connectivity index (χ1) is 5.84. The summed E-state index contributed by atoms with van der Waals surface area (Å²) in [6.45, 7) is 2.92. The SMILES string of the molecule is CC(=CCl)CC(C)(C(N)=O)C(=O)O. The molecule has 1 amide bonds. The molecule has 0 saturated carbocycles. The highest BCUT2D eigenvalue weighted by Gasteiger charge is 2.39. The van der Waals surface area contributed by atoms with Crippen LogP contribution in [0.25, 0.3) is 0 Å². The minimum Gasteiger partial charge on any atom is -0.480 e. The first-order valence-corrected chi connectivity index (χ1v) is 4.07. The molecular formula is C8H12ClNO3. The van der Waals surface area contributed by atoms with Gasteiger partial charge in [-0.2, -0.15) is 0 Å². The number of halogens is 1. The molecule has 13 heavy (non-hydrogen) atoms. The number of allylic oxidation sites excluding steroid dienone is 1. The molecule has 0 rings (SSSR count). The van der Waals surface area contributed by atoms with E-state index >= 15 is 0 Å². The lowest BCUT2D eigenvalue weighted by Gasteiger charge is -2.20. The van der Waals surface area contributed by atoms with Crippen molar-refractivity contribution in [3.8, 4) is 0 Å². The van der Waals surface area contributed by atoms with Gasteiger partial charge in [-0.1, -0.05) is 17.2 Å². The monoisotopic (exact) mass is 205 g/mol. The van der Waals surface area contributed by atoms with Gasteiger partial charge in [0.1, 0.15) is 5.41 Å². The quantitative estimate of drug-likeness (QED) is 0.675. The summed E-state index contributed by atoms with van der Waals surface area (Å²) in [5.74, 6) is -2.10. The molecule has 0 aromatic carbocycles. The summed E-state index contributed by atoms with van der Waals surface area (Å²) in [6, 6.07) is 0. The van der Waals surface area contributed by atoms with Gasteiger partial charge in [0, 0.05) is 5.54 Å². The van der Waals surface area contributed by atoms with Gasteiger partial charge in [0.2, 0.25) is 5.91 Å². The number of carboxylic acids is 1. The second kappa shape index (κ2) is 4.28. The third-order valence-electron chi connectivity index (χ3n) is 1.83. The maximum Gasteiger partial charge on any atom is 0.319 e. The molecule has 5 heteroatoms. The smallest absolute Gasteiger partial charge is 0.319 e. The lowest BCUT2D eigenvalue weighted by molar-refractivity contribution is -0.153. The zero-order chi connectivity index (χ0) is 10.6. The van der Waals surface area contributed by atoms with Gasteiger partial charge >= 0.3 is 5.97 Å². The molecule has 0 spiro atoms. The molecule has 1 atom stereocenters. The van der Waals surface area contributed by atoms with E-state index in [1.54, 1.807) is 6.92 Å². The van der Waals surface area contributed by atoms with Gasteiger partial charge in [0.05, 0.1) is 0 Å². The fourth-order valence-electron chi connectivity index (χ4n) is 0.864. The van der Waals surface area contributed by atoms with Crippen LogP contribution in [0, 0.1) is 5.41 Å². The Morgan fingerprint density at radius 3 is 2.31 bits per heavy atom. The van der Waals surface area contributed by atoms with Crippen LogP contribution in [-0.4, -0.2) is 17.0 Å². The second-order valence-electron chi connectivity index (χ2n) is 3.13. The van der Waals surface area contributed by atoms with Crippen molar-refractivity contribution in [1.82, 2.24) is 0 Å². The van der Waals surface area contributed by atoms with Gasteiger partial charge in [0.25, 0.3) is 0 Å². The molecule has 0 heterocycles. The van der Waals surface area contributed by atoms with Gasteiger partial charge in [-0.3, -0.25) is 9.59 Å². The number of aliphatic carboxylic acids is 1. The summed E-state index contributed by atoms with van der Waals surface area (Å²) in [4.78, 5) is 21.6. The van der Waals surface area contributed by atoms with Crippen molar-refractivity contribution in [2.75, 3.05) is 0 Å². The van der Waals surface area contributed by atoms with Gasteiger partial charge in [-0.15, -0.1) is 0 Å². The van der Waals surface area contributed by atoms with Crippen molar-refractivity contribution in [2.24, 2.45) is 11.1 Å². The Morgan fingerprint density at radius 2 is 2.08 bits per heavy atom. The first-order valence-electron chi connectivity index (χ1n) is 3.63. The standard InChI is InChI=1S/C8H12ClNO3/c1-5(4-9)3-8(2,6(10)11)7(12)13/h4H,3H2,1-2H3,(H2,10,11)(H,12,13). The van der Waals surface area contributed by atoms with E-state index in [0.717, 1.165) is 0 Å². The number of rotatable bonds is 4. The van der Waals surface area contributed by atoms with E-state index in [0.29, 0.717) is 5.57 Å². The van der Waals surface area contributed by atoms with Crippen molar-refractivity contribution < 1.29 is 14.7 Å². The molecular weight excluding hydrogens is 194 g/mol. The van der Waals surface area contributed by atoms with E-state index in [9.17, 15) is 9.59 Å². The number of hydrogen-bond acceptors (Lipinski definition) is 2. The maximum absolute atomic E-state index is 10.9. The molecule has 0 aromatic rings. The van der Waals surface area contributed by atoms with E-state index in [-0.39, 0.29) is 6.42 Å². The molecule has 0 bridgehead atoms. The van der Waals surface area contributed by atoms with Gasteiger partial charge < -0.3 is 10.8 Å². The number of hydrogen-bond donors (Lipinski definition) is 2. The first kappa shape index (κ1) is 12.0. The van der Waals surface area contributed by atoms with Gasteiger partial charge in [-0.25, -0.2) is 0 Å². The average Bonchev–Trinajstić information content (AvgIpc) is 2.03. The second-order valence-corrected chi connectivity index (χ2v) is 3.35. The average molecular weight is 206 g/mol. The molecule has 1 unspecified atom stereocenters. The van der Waals surface area contributed by atoms with Gasteiger partial charge in [-0.05, 0) is 20.3 Å². The molecule has 74 valence electrons. The number of primary amides is 1. The summed E-state index contributed by atoms with van der Waals surface area (Å²) >= 11 is 5.36. The highest BCUT2D eigenvalue weighted by atomic mass is 35.5. The lowest BCUT2D eigenvalue weighted by atomic mass is 9.83. The van der Waals surface area contributed by atoms with Crippen LogP contribution in [0.15, 0.2) is 11.1 Å². The fraction of sp³-hybridized carbons (Fsp3) is 0.500. The number of nitrogens with two attached hydrogens (primary N) is 1. The molecule has 0 fully saturated rings. The molecule has 0 aliphatic carbocycles. The molecule has 4 nitrogen and oxygen atoms in total. The minimum absolute atomic E-state index is 0.0289. The molecule has 0 aromatic heterocycles. The Bertz CT molecular complexity index is 246. The van der Waals surface area contributed by atoms with E-state index in [4.69, 9.17) is 22.4 Å².